The molecule has 1 aliphatic heterocycles. The van der Waals surface area contributed by atoms with Crippen molar-refractivity contribution in [1.82, 2.24) is 19.4 Å². The number of imide groups is 1. The topological polar surface area (TPSA) is 82.2 Å². The molecule has 1 saturated heterocycles. The Hall–Kier alpha value is -3.92. The average molecular weight is 413 g/mol. The van der Waals surface area contributed by atoms with Crippen LogP contribution in [0.15, 0.2) is 73.3 Å². The van der Waals surface area contributed by atoms with Gasteiger partial charge < -0.3 is 9.47 Å². The quantitative estimate of drug-likeness (QED) is 0.555. The molecule has 3 amide bonds. The van der Waals surface area contributed by atoms with Gasteiger partial charge in [-0.2, -0.15) is 5.26 Å². The monoisotopic (exact) mass is 413 g/mol. The van der Waals surface area contributed by atoms with E-state index < -0.39 is 5.54 Å². The molecule has 156 valence electrons. The zero-order chi connectivity index (χ0) is 21.8. The van der Waals surface area contributed by atoms with Crippen molar-refractivity contribution in [1.29, 1.82) is 5.26 Å². The van der Waals surface area contributed by atoms with Gasteiger partial charge in [0.1, 0.15) is 5.54 Å². The minimum Gasteiger partial charge on any atom is -0.337 e. The summed E-state index contributed by atoms with van der Waals surface area (Å²) in [4.78, 5) is 33.9. The van der Waals surface area contributed by atoms with E-state index >= 15 is 0 Å². The molecular formula is C24H23N5O2. The van der Waals surface area contributed by atoms with Crippen LogP contribution in [-0.2, 0) is 23.4 Å². The zero-order valence-electron chi connectivity index (χ0n) is 17.3. The standard InChI is InChI=1S/C24H23N5O2/c1-24(21-9-3-2-4-10-21)22(30)28(13-6-12-27-14-11-26-18-27)23(31)29(24)17-20-8-5-7-19(15-20)16-25/h2-5,7-11,14-15,18H,6,12-13,17H2,1H3. The lowest BCUT2D eigenvalue weighted by atomic mass is 9.90. The second-order valence-electron chi connectivity index (χ2n) is 7.73. The van der Waals surface area contributed by atoms with Gasteiger partial charge in [-0.05, 0) is 36.6 Å². The van der Waals surface area contributed by atoms with Gasteiger partial charge in [-0.3, -0.25) is 9.69 Å². The molecule has 0 bridgehead atoms. The number of amides is 3. The number of benzene rings is 2. The van der Waals surface area contributed by atoms with Crippen molar-refractivity contribution in [2.75, 3.05) is 6.54 Å². The van der Waals surface area contributed by atoms with Crippen LogP contribution < -0.4 is 0 Å². The summed E-state index contributed by atoms with van der Waals surface area (Å²) in [6.07, 6.45) is 5.92. The fourth-order valence-corrected chi connectivity index (χ4v) is 4.02. The van der Waals surface area contributed by atoms with Gasteiger partial charge in [0.05, 0.1) is 18.0 Å². The summed E-state index contributed by atoms with van der Waals surface area (Å²) in [6.45, 7) is 3.03. The van der Waals surface area contributed by atoms with E-state index in [-0.39, 0.29) is 18.5 Å². The normalized spacial score (nSPS) is 18.5. The van der Waals surface area contributed by atoms with Crippen LogP contribution in [0.2, 0.25) is 0 Å². The van der Waals surface area contributed by atoms with Gasteiger partial charge in [0.15, 0.2) is 0 Å². The molecule has 7 nitrogen and oxygen atoms in total. The van der Waals surface area contributed by atoms with Crippen molar-refractivity contribution in [3.05, 3.63) is 90.0 Å². The van der Waals surface area contributed by atoms with Crippen molar-refractivity contribution in [3.8, 4) is 6.07 Å². The van der Waals surface area contributed by atoms with Gasteiger partial charge in [-0.15, -0.1) is 0 Å². The number of hydrogen-bond donors (Lipinski definition) is 0. The highest BCUT2D eigenvalue weighted by Crippen LogP contribution is 2.38. The Balaban J connectivity index is 1.63. The van der Waals surface area contributed by atoms with Gasteiger partial charge in [0, 0.05) is 32.0 Å². The Bertz CT molecular complexity index is 1120. The van der Waals surface area contributed by atoms with Gasteiger partial charge in [-0.25, -0.2) is 9.78 Å². The molecule has 2 aromatic carbocycles. The highest BCUT2D eigenvalue weighted by molar-refractivity contribution is 6.07. The number of carbonyl (C=O) groups is 2. The molecule has 2 heterocycles. The molecular weight excluding hydrogens is 390 g/mol. The summed E-state index contributed by atoms with van der Waals surface area (Å²) in [7, 11) is 0. The maximum atomic E-state index is 13.5. The van der Waals surface area contributed by atoms with Crippen molar-refractivity contribution in [2.24, 2.45) is 0 Å². The number of imidazole rings is 1. The van der Waals surface area contributed by atoms with E-state index in [9.17, 15) is 14.9 Å². The first-order valence-electron chi connectivity index (χ1n) is 10.2. The van der Waals surface area contributed by atoms with Crippen LogP contribution >= 0.6 is 0 Å². The van der Waals surface area contributed by atoms with Crippen molar-refractivity contribution in [2.45, 2.75) is 32.0 Å². The fourth-order valence-electron chi connectivity index (χ4n) is 4.02. The van der Waals surface area contributed by atoms with E-state index in [1.165, 1.54) is 4.90 Å². The summed E-state index contributed by atoms with van der Waals surface area (Å²) in [6, 6.07) is 18.3. The highest BCUT2D eigenvalue weighted by Gasteiger charge is 2.54. The highest BCUT2D eigenvalue weighted by atomic mass is 16.2. The molecule has 0 radical (unpaired) electrons. The van der Waals surface area contributed by atoms with Crippen LogP contribution in [-0.4, -0.2) is 37.8 Å². The van der Waals surface area contributed by atoms with Gasteiger partial charge >= 0.3 is 6.03 Å². The van der Waals surface area contributed by atoms with Gasteiger partial charge in [0.25, 0.3) is 5.91 Å². The molecule has 1 aromatic heterocycles. The van der Waals surface area contributed by atoms with Gasteiger partial charge in [0.2, 0.25) is 0 Å². The molecule has 0 saturated carbocycles. The molecule has 31 heavy (non-hydrogen) atoms. The minimum absolute atomic E-state index is 0.231. The van der Waals surface area contributed by atoms with E-state index in [2.05, 4.69) is 11.1 Å². The zero-order valence-corrected chi connectivity index (χ0v) is 17.3. The Morgan fingerprint density at radius 3 is 2.58 bits per heavy atom. The molecule has 0 aliphatic carbocycles. The number of nitrogens with zero attached hydrogens (tertiary/aromatic N) is 5. The largest absolute Gasteiger partial charge is 0.337 e. The predicted octanol–water partition coefficient (Wildman–Crippen LogP) is 3.52. The first kappa shape index (κ1) is 20.4. The molecule has 0 spiro atoms. The number of aryl methyl sites for hydroxylation is 1. The van der Waals surface area contributed by atoms with E-state index in [1.54, 1.807) is 42.5 Å². The molecule has 4 rings (SSSR count). The lowest BCUT2D eigenvalue weighted by Crippen LogP contribution is -2.44. The lowest BCUT2D eigenvalue weighted by Gasteiger charge is -2.32. The lowest BCUT2D eigenvalue weighted by molar-refractivity contribution is -0.133. The fraction of sp³-hybridized carbons (Fsp3) is 0.250. The number of rotatable bonds is 7. The molecule has 7 heteroatoms. The Labute approximate surface area is 181 Å². The van der Waals surface area contributed by atoms with Crippen LogP contribution in [0.5, 0.6) is 0 Å². The second-order valence-corrected chi connectivity index (χ2v) is 7.73. The van der Waals surface area contributed by atoms with E-state index in [0.29, 0.717) is 25.1 Å². The number of aromatic nitrogens is 2. The summed E-state index contributed by atoms with van der Waals surface area (Å²) in [5.41, 5.74) is 0.981. The van der Waals surface area contributed by atoms with Gasteiger partial charge in [-0.1, -0.05) is 42.5 Å². The molecule has 3 aromatic rings. The Kier molecular flexibility index (Phi) is 5.54. The summed E-state index contributed by atoms with van der Waals surface area (Å²) >= 11 is 0. The summed E-state index contributed by atoms with van der Waals surface area (Å²) in [5.74, 6) is -0.231. The average Bonchev–Trinajstić information content (AvgIpc) is 3.38. The van der Waals surface area contributed by atoms with Crippen LogP contribution in [0.4, 0.5) is 4.79 Å². The first-order valence-corrected chi connectivity index (χ1v) is 10.2. The minimum atomic E-state index is -1.12. The third-order valence-corrected chi connectivity index (χ3v) is 5.75. The van der Waals surface area contributed by atoms with Crippen molar-refractivity contribution in [3.63, 3.8) is 0 Å². The third kappa shape index (κ3) is 3.80. The SMILES string of the molecule is CC1(c2ccccc2)C(=O)N(CCCn2ccnc2)C(=O)N1Cc1cccc(C#N)c1. The second kappa shape index (κ2) is 8.44. The number of nitriles is 1. The van der Waals surface area contributed by atoms with Crippen molar-refractivity contribution < 1.29 is 9.59 Å². The Morgan fingerprint density at radius 2 is 1.87 bits per heavy atom. The van der Waals surface area contributed by atoms with Crippen LogP contribution in [0, 0.1) is 11.3 Å². The number of urea groups is 1. The molecule has 1 aliphatic rings. The maximum absolute atomic E-state index is 13.5. The van der Waals surface area contributed by atoms with E-state index in [1.807, 2.05) is 47.2 Å². The van der Waals surface area contributed by atoms with Crippen LogP contribution in [0.25, 0.3) is 0 Å². The maximum Gasteiger partial charge on any atom is 0.328 e. The van der Waals surface area contributed by atoms with E-state index in [0.717, 1.165) is 11.1 Å². The van der Waals surface area contributed by atoms with Crippen LogP contribution in [0.3, 0.4) is 0 Å². The summed E-state index contributed by atoms with van der Waals surface area (Å²) in [5, 5.41) is 9.22. The Morgan fingerprint density at radius 1 is 1.06 bits per heavy atom. The molecule has 1 atom stereocenters. The van der Waals surface area contributed by atoms with Crippen LogP contribution in [0.1, 0.15) is 30.0 Å². The van der Waals surface area contributed by atoms with Crippen molar-refractivity contribution >= 4 is 11.9 Å². The molecule has 1 fully saturated rings. The smallest absolute Gasteiger partial charge is 0.328 e. The third-order valence-electron chi connectivity index (χ3n) is 5.75. The predicted molar refractivity (Wildman–Crippen MR) is 114 cm³/mol. The molecule has 1 unspecified atom stereocenters. The number of carbonyl (C=O) groups excluding carboxylic acids is 2. The molecule has 0 N–H and O–H groups in total. The summed E-state index contributed by atoms with van der Waals surface area (Å²) < 4.78 is 1.92. The number of hydrogen-bond acceptors (Lipinski definition) is 4. The van der Waals surface area contributed by atoms with E-state index in [4.69, 9.17) is 0 Å². The first-order chi connectivity index (χ1) is 15.0.